The Morgan fingerprint density at radius 3 is 2.43 bits per heavy atom. The third kappa shape index (κ3) is 5.52. The van der Waals surface area contributed by atoms with Crippen LogP contribution in [0.2, 0.25) is 0 Å². The summed E-state index contributed by atoms with van der Waals surface area (Å²) in [4.78, 5) is 18.1. The van der Waals surface area contributed by atoms with Crippen LogP contribution < -0.4 is 10.1 Å². The first-order chi connectivity index (χ1) is 17.8. The van der Waals surface area contributed by atoms with E-state index in [1.165, 1.54) is 25.0 Å². The topological polar surface area (TPSA) is 111 Å². The van der Waals surface area contributed by atoms with Gasteiger partial charge < -0.3 is 15.2 Å². The van der Waals surface area contributed by atoms with E-state index in [-0.39, 0.29) is 29.3 Å². The smallest absolute Gasteiger partial charge is 0.297 e. The number of nitrogens with one attached hydrogen (secondary N) is 1. The Morgan fingerprint density at radius 2 is 1.81 bits per heavy atom. The highest BCUT2D eigenvalue weighted by Crippen LogP contribution is 2.42. The zero-order valence-corrected chi connectivity index (χ0v) is 22.2. The maximum atomic E-state index is 13.1. The van der Waals surface area contributed by atoms with Gasteiger partial charge in [0, 0.05) is 11.6 Å². The number of ether oxygens (including phenoxy) is 1. The summed E-state index contributed by atoms with van der Waals surface area (Å²) >= 11 is 0. The fourth-order valence-electron chi connectivity index (χ4n) is 5.03. The number of fused-ring (bicyclic) bond motifs is 1. The monoisotopic (exact) mass is 525 g/mol. The van der Waals surface area contributed by atoms with E-state index in [0.717, 1.165) is 37.1 Å². The van der Waals surface area contributed by atoms with Crippen molar-refractivity contribution < 1.29 is 23.1 Å². The maximum absolute atomic E-state index is 13.1. The molecule has 2 N–H and O–H groups in total. The number of aliphatic hydroxyl groups is 1. The lowest BCUT2D eigenvalue weighted by Gasteiger charge is -2.26. The first-order valence-corrected chi connectivity index (χ1v) is 14.9. The van der Waals surface area contributed by atoms with E-state index in [0.29, 0.717) is 28.7 Å². The minimum absolute atomic E-state index is 0.0120. The third-order valence-corrected chi connectivity index (χ3v) is 9.33. The second kappa shape index (κ2) is 10.5. The van der Waals surface area contributed by atoms with E-state index >= 15 is 0 Å². The number of hydrogen-bond acceptors (Lipinski definition) is 6. The summed E-state index contributed by atoms with van der Waals surface area (Å²) in [6.07, 6.45) is 6.79. The number of benzene rings is 2. The van der Waals surface area contributed by atoms with Gasteiger partial charge in [0.05, 0.1) is 34.3 Å². The molecule has 0 radical (unpaired) electrons. The van der Waals surface area contributed by atoms with Gasteiger partial charge in [-0.25, -0.2) is 8.42 Å². The molecular weight excluding hydrogens is 490 g/mol. The number of imidazole rings is 1. The van der Waals surface area contributed by atoms with Crippen LogP contribution in [0.4, 0.5) is 0 Å². The van der Waals surface area contributed by atoms with Crippen LogP contribution in [0.15, 0.2) is 47.4 Å². The lowest BCUT2D eigenvalue weighted by molar-refractivity contribution is 0.0916. The van der Waals surface area contributed by atoms with Crippen LogP contribution in [0.5, 0.6) is 6.01 Å². The van der Waals surface area contributed by atoms with E-state index in [1.54, 1.807) is 31.2 Å². The van der Waals surface area contributed by atoms with Crippen LogP contribution in [0.1, 0.15) is 80.4 Å². The average Bonchev–Trinajstić information content (AvgIpc) is 3.68. The van der Waals surface area contributed by atoms with Gasteiger partial charge in [0.2, 0.25) is 0 Å². The lowest BCUT2D eigenvalue weighted by atomic mass is 9.89. The standard InChI is InChI=1S/C28H35N3O5S/c1-3-37(34,35)23-13-6-19(7-14-23)25(17-32)29-27(33)20-8-15-26-24(16-20)30-28(31(26)21-9-10-21)36-22-11-4-18(2)5-12-22/h6-8,13-16,18,21-22,25,32H,3-5,9-12,17H2,1-2H3,(H,29,33)/t18-,22+,25-/m0/s1. The number of nitrogens with zero attached hydrogens (tertiary/aromatic N) is 2. The molecule has 0 bridgehead atoms. The van der Waals surface area contributed by atoms with E-state index in [9.17, 15) is 18.3 Å². The van der Waals surface area contributed by atoms with Gasteiger partial charge in [-0.1, -0.05) is 26.0 Å². The minimum atomic E-state index is -3.32. The van der Waals surface area contributed by atoms with Crippen molar-refractivity contribution >= 4 is 26.8 Å². The van der Waals surface area contributed by atoms with E-state index < -0.39 is 15.9 Å². The number of carbonyl (C=O) groups is 1. The molecule has 2 aliphatic rings. The lowest BCUT2D eigenvalue weighted by Crippen LogP contribution is -2.30. The summed E-state index contributed by atoms with van der Waals surface area (Å²) in [7, 11) is -3.32. The summed E-state index contributed by atoms with van der Waals surface area (Å²) in [6, 6.07) is 12.1. The Bertz CT molecular complexity index is 1370. The normalized spacial score (nSPS) is 21.1. The zero-order chi connectivity index (χ0) is 26.2. The first kappa shape index (κ1) is 25.7. The van der Waals surface area contributed by atoms with Crippen molar-refractivity contribution in [2.45, 2.75) is 75.5 Å². The predicted molar refractivity (Wildman–Crippen MR) is 142 cm³/mol. The molecule has 2 aliphatic carbocycles. The molecule has 3 aromatic rings. The van der Waals surface area contributed by atoms with Gasteiger partial charge >= 0.3 is 0 Å². The van der Waals surface area contributed by atoms with Gasteiger partial charge in [-0.15, -0.1) is 0 Å². The highest BCUT2D eigenvalue weighted by molar-refractivity contribution is 7.91. The third-order valence-electron chi connectivity index (χ3n) is 7.58. The summed E-state index contributed by atoms with van der Waals surface area (Å²) in [5, 5.41) is 12.8. The number of rotatable bonds is 9. The molecule has 1 heterocycles. The molecule has 5 rings (SSSR count). The Kier molecular flexibility index (Phi) is 7.27. The van der Waals surface area contributed by atoms with E-state index in [1.807, 2.05) is 6.07 Å². The number of amides is 1. The predicted octanol–water partition coefficient (Wildman–Crippen LogP) is 4.59. The van der Waals surface area contributed by atoms with Crippen molar-refractivity contribution in [3.8, 4) is 6.01 Å². The van der Waals surface area contributed by atoms with Gasteiger partial charge in [0.15, 0.2) is 9.84 Å². The number of aromatic nitrogens is 2. The molecular formula is C28H35N3O5S. The molecule has 1 amide bonds. The van der Waals surface area contributed by atoms with Crippen LogP contribution in [0.3, 0.4) is 0 Å². The Hall–Kier alpha value is -2.91. The molecule has 0 saturated heterocycles. The van der Waals surface area contributed by atoms with Crippen LogP contribution >= 0.6 is 0 Å². The maximum Gasteiger partial charge on any atom is 0.297 e. The zero-order valence-electron chi connectivity index (χ0n) is 21.4. The summed E-state index contributed by atoms with van der Waals surface area (Å²) < 4.78 is 32.7. The van der Waals surface area contributed by atoms with Crippen molar-refractivity contribution in [1.29, 1.82) is 0 Å². The van der Waals surface area contributed by atoms with Crippen LogP contribution in [0.25, 0.3) is 11.0 Å². The SMILES string of the molecule is CCS(=O)(=O)c1ccc([C@H](CO)NC(=O)c2ccc3c(c2)nc(O[C@H]2CC[C@@H](C)CC2)n3C2CC2)cc1. The Balaban J connectivity index is 1.34. The molecule has 1 atom stereocenters. The second-order valence-corrected chi connectivity index (χ2v) is 12.7. The molecule has 198 valence electrons. The van der Waals surface area contributed by atoms with Gasteiger partial charge in [0.25, 0.3) is 11.9 Å². The van der Waals surface area contributed by atoms with Crippen molar-refractivity contribution in [1.82, 2.24) is 14.9 Å². The molecule has 2 saturated carbocycles. The molecule has 1 aromatic heterocycles. The largest absolute Gasteiger partial charge is 0.461 e. The molecule has 2 fully saturated rings. The average molecular weight is 526 g/mol. The van der Waals surface area contributed by atoms with Gasteiger partial charge in [0.1, 0.15) is 6.10 Å². The number of sulfone groups is 1. The van der Waals surface area contributed by atoms with E-state index in [2.05, 4.69) is 16.8 Å². The van der Waals surface area contributed by atoms with Gasteiger partial charge in [-0.05, 0) is 80.3 Å². The van der Waals surface area contributed by atoms with Gasteiger partial charge in [-0.3, -0.25) is 9.36 Å². The van der Waals surface area contributed by atoms with Crippen LogP contribution in [0, 0.1) is 5.92 Å². The van der Waals surface area contributed by atoms with Gasteiger partial charge in [-0.2, -0.15) is 4.98 Å². The molecule has 37 heavy (non-hydrogen) atoms. The fraction of sp³-hybridized carbons (Fsp3) is 0.500. The second-order valence-electron chi connectivity index (χ2n) is 10.4. The molecule has 9 heteroatoms. The molecule has 2 aromatic carbocycles. The number of carbonyl (C=O) groups excluding carboxylic acids is 1. The molecule has 0 aliphatic heterocycles. The summed E-state index contributed by atoms with van der Waals surface area (Å²) in [5.41, 5.74) is 2.75. The highest BCUT2D eigenvalue weighted by atomic mass is 32.2. The molecule has 8 nitrogen and oxygen atoms in total. The minimum Gasteiger partial charge on any atom is -0.461 e. The number of hydrogen-bond donors (Lipinski definition) is 2. The summed E-state index contributed by atoms with van der Waals surface area (Å²) in [6.45, 7) is 3.56. The Labute approximate surface area is 218 Å². The van der Waals surface area contributed by atoms with Crippen molar-refractivity contribution in [3.05, 3.63) is 53.6 Å². The Morgan fingerprint density at radius 1 is 1.11 bits per heavy atom. The quantitative estimate of drug-likeness (QED) is 0.423. The summed E-state index contributed by atoms with van der Waals surface area (Å²) in [5.74, 6) is 0.419. The van der Waals surface area contributed by atoms with Crippen molar-refractivity contribution in [3.63, 3.8) is 0 Å². The molecule has 0 spiro atoms. The highest BCUT2D eigenvalue weighted by Gasteiger charge is 2.31. The first-order valence-electron chi connectivity index (χ1n) is 13.2. The van der Waals surface area contributed by atoms with Crippen LogP contribution in [-0.4, -0.2) is 47.4 Å². The number of aliphatic hydroxyl groups excluding tert-OH is 1. The van der Waals surface area contributed by atoms with E-state index in [4.69, 9.17) is 9.72 Å². The fourth-order valence-corrected chi connectivity index (χ4v) is 5.92. The van der Waals surface area contributed by atoms with Crippen molar-refractivity contribution in [2.24, 2.45) is 5.92 Å². The molecule has 0 unspecified atom stereocenters. The van der Waals surface area contributed by atoms with Crippen LogP contribution in [-0.2, 0) is 9.84 Å². The van der Waals surface area contributed by atoms with Crippen molar-refractivity contribution in [2.75, 3.05) is 12.4 Å².